The van der Waals surface area contributed by atoms with Crippen LogP contribution in [0, 0.1) is 50.9 Å². The minimum atomic E-state index is -2.03. The molecule has 21 heavy (non-hydrogen) atoms. The van der Waals surface area contributed by atoms with Crippen LogP contribution >= 0.6 is 0 Å². The SMILES string of the molecule is O=[N+]([O-])C([N+](=O)[O-])=[N+]([O-])O.O=[N+]([O-])C([N+](=O)[O-])=[N+]([O-])O.[Zn]. The van der Waals surface area contributed by atoms with Crippen molar-refractivity contribution in [2.45, 2.75) is 0 Å². The molecule has 0 aliphatic rings. The fourth-order valence-electron chi connectivity index (χ4n) is 0.413. The van der Waals surface area contributed by atoms with Crippen LogP contribution in [0.1, 0.15) is 0 Å². The molecule has 0 bridgehead atoms. The fourth-order valence-corrected chi connectivity index (χ4v) is 0.413. The molecule has 0 rings (SSSR count). The minimum absolute atomic E-state index is 0. The summed E-state index contributed by atoms with van der Waals surface area (Å²) in [6.45, 7) is 0. The molecular weight excluding hydrogens is 365 g/mol. The molecule has 0 unspecified atom stereocenters. The Bertz CT molecular complexity index is 422. The van der Waals surface area contributed by atoms with Gasteiger partial charge in [-0.3, -0.25) is 0 Å². The van der Waals surface area contributed by atoms with Crippen LogP contribution < -0.4 is 0 Å². The number of nitro groups is 4. The molecule has 0 spiro atoms. The van der Waals surface area contributed by atoms with Gasteiger partial charge in [-0.15, -0.1) is 0 Å². The monoisotopic (exact) mass is 366 g/mol. The first-order valence-electron chi connectivity index (χ1n) is 3.57. The third kappa shape index (κ3) is 8.47. The van der Waals surface area contributed by atoms with Crippen LogP contribution in [-0.4, -0.2) is 51.8 Å². The van der Waals surface area contributed by atoms with Gasteiger partial charge in [0.2, 0.25) is 19.7 Å². The number of rotatable bonds is 0. The maximum Gasteiger partial charge on any atom is 0.866 e. The van der Waals surface area contributed by atoms with E-state index in [9.17, 15) is 50.9 Å². The van der Waals surface area contributed by atoms with Crippen molar-refractivity contribution in [2.24, 2.45) is 0 Å². The Hall–Kier alpha value is -3.24. The van der Waals surface area contributed by atoms with Crippen molar-refractivity contribution >= 4 is 11.9 Å². The van der Waals surface area contributed by atoms with Crippen LogP contribution in [0.5, 0.6) is 0 Å². The van der Waals surface area contributed by atoms with E-state index in [2.05, 4.69) is 0 Å². The first-order chi connectivity index (χ1) is 8.93. The number of hydrogen-bond donors (Lipinski definition) is 2. The molecule has 0 saturated carbocycles. The summed E-state index contributed by atoms with van der Waals surface area (Å²) in [6.07, 6.45) is 0. The van der Waals surface area contributed by atoms with Gasteiger partial charge < -0.3 is 10.4 Å². The van der Waals surface area contributed by atoms with Gasteiger partial charge in [0.15, 0.2) is 9.80 Å². The second-order valence-electron chi connectivity index (χ2n) is 2.17. The summed E-state index contributed by atoms with van der Waals surface area (Å²) in [5, 5.41) is 72.6. The van der Waals surface area contributed by atoms with Gasteiger partial charge in [-0.2, -0.15) is 0 Å². The minimum Gasteiger partial charge on any atom is -0.407 e. The van der Waals surface area contributed by atoms with Crippen molar-refractivity contribution in [1.82, 2.24) is 0 Å². The molecule has 0 atom stereocenters. The molecule has 0 aromatic carbocycles. The standard InChI is InChI=1S/2CHN3O6.Zn/c2*5-2(6)1(3(7)8)4(9)10;/h2*(H,5,6);. The smallest absolute Gasteiger partial charge is 0.407 e. The molecule has 114 valence electrons. The van der Waals surface area contributed by atoms with Gasteiger partial charge in [0.1, 0.15) is 0 Å². The molecule has 0 radical (unpaired) electrons. The summed E-state index contributed by atoms with van der Waals surface area (Å²) in [7, 11) is 0. The predicted octanol–water partition coefficient (Wildman–Crippen LogP) is -2.41. The van der Waals surface area contributed by atoms with Crippen molar-refractivity contribution in [3.63, 3.8) is 0 Å². The largest absolute Gasteiger partial charge is 0.866 e. The van der Waals surface area contributed by atoms with E-state index in [1.807, 2.05) is 0 Å². The van der Waals surface area contributed by atoms with Crippen molar-refractivity contribution < 1.29 is 59.4 Å². The van der Waals surface area contributed by atoms with E-state index >= 15 is 0 Å². The molecule has 0 amide bonds. The van der Waals surface area contributed by atoms with E-state index in [-0.39, 0.29) is 19.5 Å². The zero-order valence-corrected chi connectivity index (χ0v) is 12.3. The van der Waals surface area contributed by atoms with Crippen molar-refractivity contribution in [1.29, 1.82) is 0 Å². The van der Waals surface area contributed by atoms with Crippen LogP contribution in [0.3, 0.4) is 0 Å². The molecule has 18 nitrogen and oxygen atoms in total. The van der Waals surface area contributed by atoms with E-state index in [1.54, 1.807) is 0 Å². The van der Waals surface area contributed by atoms with Gasteiger partial charge in [0.05, 0.1) is 0 Å². The maximum atomic E-state index is 9.58. The maximum absolute atomic E-state index is 9.58. The summed E-state index contributed by atoms with van der Waals surface area (Å²) >= 11 is 0. The van der Waals surface area contributed by atoms with Gasteiger partial charge >= 0.3 is 11.9 Å². The summed E-state index contributed by atoms with van der Waals surface area (Å²) in [5.74, 6) is -4.06. The van der Waals surface area contributed by atoms with E-state index in [0.717, 1.165) is 0 Å². The second kappa shape index (κ2) is 9.66. The van der Waals surface area contributed by atoms with Crippen LogP contribution in [0.2, 0.25) is 0 Å². The topological polar surface area (TPSA) is 265 Å². The van der Waals surface area contributed by atoms with E-state index < -0.39 is 41.4 Å². The van der Waals surface area contributed by atoms with E-state index in [0.29, 0.717) is 0 Å². The van der Waals surface area contributed by atoms with Gasteiger partial charge in [0, 0.05) is 19.5 Å². The molecule has 0 heterocycles. The number of nitrogens with zero attached hydrogens (tertiary/aromatic N) is 6. The molecule has 0 saturated heterocycles. The van der Waals surface area contributed by atoms with Crippen LogP contribution in [0.4, 0.5) is 0 Å². The summed E-state index contributed by atoms with van der Waals surface area (Å²) in [4.78, 5) is 28.8. The van der Waals surface area contributed by atoms with Crippen molar-refractivity contribution in [3.8, 4) is 0 Å². The van der Waals surface area contributed by atoms with Gasteiger partial charge in [-0.1, -0.05) is 0 Å². The summed E-state index contributed by atoms with van der Waals surface area (Å²) in [6, 6.07) is 0. The van der Waals surface area contributed by atoms with E-state index in [1.165, 1.54) is 0 Å². The third-order valence-corrected chi connectivity index (χ3v) is 0.995. The predicted molar refractivity (Wildman–Crippen MR) is 48.8 cm³/mol. The van der Waals surface area contributed by atoms with Gasteiger partial charge in [-0.05, 0) is 0 Å². The van der Waals surface area contributed by atoms with Crippen molar-refractivity contribution in [2.75, 3.05) is 0 Å². The fraction of sp³-hybridized carbons (Fsp3) is 0. The van der Waals surface area contributed by atoms with E-state index in [4.69, 9.17) is 10.4 Å². The Labute approximate surface area is 123 Å². The number of guanidine groups is 2. The molecule has 19 heteroatoms. The zero-order valence-electron chi connectivity index (χ0n) is 9.37. The second-order valence-corrected chi connectivity index (χ2v) is 2.17. The zero-order chi connectivity index (χ0) is 16.6. The number of hydrogen-bond acceptors (Lipinski definition) is 12. The Morgan fingerprint density at radius 3 is 0.714 bits per heavy atom. The molecule has 0 aromatic heterocycles. The molecular formula is C2H2N6O12Zn. The summed E-state index contributed by atoms with van der Waals surface area (Å²) in [5.41, 5.74) is 0. The quantitative estimate of drug-likeness (QED) is 0.0861. The van der Waals surface area contributed by atoms with Gasteiger partial charge in [-0.25, -0.2) is 50.9 Å². The average Bonchev–Trinajstić information content (AvgIpc) is 2.12. The molecule has 0 aromatic rings. The van der Waals surface area contributed by atoms with Crippen molar-refractivity contribution in [3.05, 3.63) is 50.9 Å². The molecule has 0 aliphatic carbocycles. The normalized spacial score (nSPS) is 8.00. The Balaban J connectivity index is -0.000000295. The first-order valence-corrected chi connectivity index (χ1v) is 3.57. The molecule has 0 aliphatic heterocycles. The third-order valence-electron chi connectivity index (χ3n) is 0.995. The summed E-state index contributed by atoms with van der Waals surface area (Å²) < 4.78 is 0. The Morgan fingerprint density at radius 1 is 0.571 bits per heavy atom. The molecule has 0 fully saturated rings. The van der Waals surface area contributed by atoms with Crippen LogP contribution in [0.25, 0.3) is 0 Å². The van der Waals surface area contributed by atoms with Gasteiger partial charge in [0.25, 0.3) is 0 Å². The Kier molecular flexibility index (Phi) is 10.5. The van der Waals surface area contributed by atoms with Crippen LogP contribution in [-0.2, 0) is 19.5 Å². The molecule has 2 N–H and O–H groups in total. The average molecular weight is 367 g/mol. The first kappa shape index (κ1) is 22.9. The van der Waals surface area contributed by atoms with Crippen LogP contribution in [0.15, 0.2) is 0 Å². The Morgan fingerprint density at radius 2 is 0.714 bits per heavy atom.